The Labute approximate surface area is 186 Å². The quantitative estimate of drug-likeness (QED) is 0.184. The van der Waals surface area contributed by atoms with Crippen molar-refractivity contribution in [3.8, 4) is 23.0 Å². The average molecular weight is 532 g/mol. The molecule has 0 saturated carbocycles. The molecule has 0 aliphatic rings. The Balaban J connectivity index is 0.000000522. The molecule has 0 saturated heterocycles. The Kier molecular flexibility index (Phi) is 13.0. The molecule has 0 radical (unpaired) electrons. The molecule has 2 N–H and O–H groups in total. The number of phenols is 2. The number of hydrogen-bond donors (Lipinski definition) is 2. The van der Waals surface area contributed by atoms with Crippen molar-refractivity contribution in [1.82, 2.24) is 0 Å². The maximum absolute atomic E-state index is 10.1. The monoisotopic (exact) mass is 532 g/mol. The van der Waals surface area contributed by atoms with Gasteiger partial charge >= 0.3 is 0 Å². The predicted octanol–water partition coefficient (Wildman–Crippen LogP) is 4.35. The van der Waals surface area contributed by atoms with Crippen molar-refractivity contribution in [3.63, 3.8) is 0 Å². The smallest absolute Gasteiger partial charge is 0.235 e. The maximum atomic E-state index is 10.1. The van der Waals surface area contributed by atoms with Crippen molar-refractivity contribution < 1.29 is 29.5 Å². The van der Waals surface area contributed by atoms with Crippen LogP contribution in [0.3, 0.4) is 0 Å². The van der Waals surface area contributed by atoms with Crippen molar-refractivity contribution in [2.45, 2.75) is 0 Å². The summed E-state index contributed by atoms with van der Waals surface area (Å²) >= 11 is 2.15. The van der Waals surface area contributed by atoms with E-state index < -0.39 is 9.85 Å². The number of benzene rings is 2. The van der Waals surface area contributed by atoms with E-state index in [4.69, 9.17) is 19.7 Å². The molecule has 0 amide bonds. The fourth-order valence-electron chi connectivity index (χ4n) is 1.89. The number of methoxy groups -OCH3 is 2. The third-order valence-corrected chi connectivity index (χ3v) is 3.18. The summed E-state index contributed by atoms with van der Waals surface area (Å²) in [6.07, 6.45) is 4.24. The zero-order chi connectivity index (χ0) is 23.1. The average Bonchev–Trinajstić information content (AvgIpc) is 2.74. The van der Waals surface area contributed by atoms with Gasteiger partial charge in [-0.1, -0.05) is 34.7 Å². The molecule has 2 aromatic carbocycles. The van der Waals surface area contributed by atoms with Gasteiger partial charge in [0.05, 0.1) is 24.1 Å². The molecule has 30 heavy (non-hydrogen) atoms. The number of rotatable bonds is 6. The number of alkyl halides is 1. The first-order valence-electron chi connectivity index (χ1n) is 8.02. The van der Waals surface area contributed by atoms with Gasteiger partial charge in [-0.25, -0.2) is 0 Å². The molecule has 0 atom stereocenters. The standard InChI is InChI=1S/C10H11NO4.C8H7NO4.CH3I/c1-14-9-4-3-8(5-6-11(12)13)7-10(9)15-2;10-7-2-1-6(5-8(7)11)3-4-9(12)13;1-2/h3-7H,1-2H3;1-5,10-11H;1H3/b6-5+;4-3+;. The summed E-state index contributed by atoms with van der Waals surface area (Å²) in [5, 5.41) is 38.0. The van der Waals surface area contributed by atoms with Gasteiger partial charge in [-0.15, -0.1) is 0 Å². The minimum atomic E-state index is -0.607. The van der Waals surface area contributed by atoms with Gasteiger partial charge in [0.15, 0.2) is 23.0 Å². The van der Waals surface area contributed by atoms with Gasteiger partial charge in [-0.05, 0) is 40.3 Å². The van der Waals surface area contributed by atoms with Crippen LogP contribution in [0.1, 0.15) is 11.1 Å². The van der Waals surface area contributed by atoms with Crippen molar-refractivity contribution in [2.24, 2.45) is 0 Å². The van der Waals surface area contributed by atoms with E-state index in [2.05, 4.69) is 22.6 Å². The molecular weight excluding hydrogens is 511 g/mol. The Morgan fingerprint density at radius 1 is 0.800 bits per heavy atom. The van der Waals surface area contributed by atoms with Crippen LogP contribution in [0.25, 0.3) is 12.2 Å². The highest BCUT2D eigenvalue weighted by Gasteiger charge is 2.03. The Hall–Kier alpha value is -3.35. The van der Waals surface area contributed by atoms with Crippen molar-refractivity contribution >= 4 is 34.7 Å². The highest BCUT2D eigenvalue weighted by atomic mass is 127. The van der Waals surface area contributed by atoms with E-state index >= 15 is 0 Å². The summed E-state index contributed by atoms with van der Waals surface area (Å²) in [7, 11) is 3.04. The van der Waals surface area contributed by atoms with Gasteiger partial charge < -0.3 is 19.7 Å². The molecule has 2 aromatic rings. The normalized spacial score (nSPS) is 9.87. The number of nitrogens with zero attached hydrogens (tertiary/aromatic N) is 2. The molecule has 0 unspecified atom stereocenters. The van der Waals surface area contributed by atoms with Crippen molar-refractivity contribution in [1.29, 1.82) is 0 Å². The number of ether oxygens (including phenoxy) is 2. The van der Waals surface area contributed by atoms with Crippen LogP contribution in [0.15, 0.2) is 48.8 Å². The highest BCUT2D eigenvalue weighted by Crippen LogP contribution is 2.28. The molecule has 0 aliphatic carbocycles. The van der Waals surface area contributed by atoms with Crippen LogP contribution >= 0.6 is 22.6 Å². The Morgan fingerprint density at radius 2 is 1.27 bits per heavy atom. The fraction of sp³-hybridized carbons (Fsp3) is 0.158. The van der Waals surface area contributed by atoms with Gasteiger partial charge in [0, 0.05) is 12.2 Å². The molecule has 2 rings (SSSR count). The lowest BCUT2D eigenvalue weighted by atomic mass is 10.2. The fourth-order valence-corrected chi connectivity index (χ4v) is 1.89. The number of aromatic hydroxyl groups is 2. The molecule has 0 bridgehead atoms. The largest absolute Gasteiger partial charge is 0.504 e. The van der Waals surface area contributed by atoms with Gasteiger partial charge in [0.2, 0.25) is 12.4 Å². The second-order valence-corrected chi connectivity index (χ2v) is 5.06. The van der Waals surface area contributed by atoms with Crippen LogP contribution in [-0.2, 0) is 0 Å². The molecule has 0 fully saturated rings. The van der Waals surface area contributed by atoms with E-state index in [0.717, 1.165) is 12.4 Å². The molecule has 0 heterocycles. The zero-order valence-electron chi connectivity index (χ0n) is 16.4. The van der Waals surface area contributed by atoms with Crippen LogP contribution in [-0.4, -0.2) is 39.2 Å². The van der Waals surface area contributed by atoms with E-state index in [1.165, 1.54) is 44.6 Å². The van der Waals surface area contributed by atoms with E-state index in [9.17, 15) is 20.2 Å². The summed E-state index contributed by atoms with van der Waals surface area (Å²) in [6.45, 7) is 0. The third-order valence-electron chi connectivity index (χ3n) is 3.18. The van der Waals surface area contributed by atoms with Gasteiger partial charge in [0.1, 0.15) is 0 Å². The lowest BCUT2D eigenvalue weighted by Gasteiger charge is -2.07. The molecule has 162 valence electrons. The zero-order valence-corrected chi connectivity index (χ0v) is 18.5. The van der Waals surface area contributed by atoms with Crippen LogP contribution in [0.4, 0.5) is 0 Å². The lowest BCUT2D eigenvalue weighted by Crippen LogP contribution is -1.90. The van der Waals surface area contributed by atoms with Gasteiger partial charge in [0.25, 0.3) is 0 Å². The van der Waals surface area contributed by atoms with Crippen LogP contribution in [0.5, 0.6) is 23.0 Å². The second-order valence-electron chi connectivity index (χ2n) is 5.06. The Morgan fingerprint density at radius 3 is 1.70 bits per heavy atom. The molecular formula is C19H21IN2O8. The van der Waals surface area contributed by atoms with Crippen LogP contribution < -0.4 is 9.47 Å². The summed E-state index contributed by atoms with van der Waals surface area (Å²) in [5.41, 5.74) is 1.14. The highest BCUT2D eigenvalue weighted by molar-refractivity contribution is 14.1. The molecule has 0 aliphatic heterocycles. The first-order valence-corrected chi connectivity index (χ1v) is 10.2. The number of nitro groups is 2. The number of hydrogen-bond acceptors (Lipinski definition) is 8. The van der Waals surface area contributed by atoms with E-state index in [-0.39, 0.29) is 11.5 Å². The summed E-state index contributed by atoms with van der Waals surface area (Å²) in [6, 6.07) is 9.01. The third kappa shape index (κ3) is 10.3. The van der Waals surface area contributed by atoms with Crippen molar-refractivity contribution in [3.05, 3.63) is 80.2 Å². The van der Waals surface area contributed by atoms with Gasteiger partial charge in [-0.2, -0.15) is 0 Å². The molecule has 10 nitrogen and oxygen atoms in total. The SMILES string of the molecule is CI.COc1ccc(/C=C/[N+](=O)[O-])cc1OC.O=[N+]([O-])/C=C/c1ccc(O)c(O)c1. The lowest BCUT2D eigenvalue weighted by molar-refractivity contribution is -0.401. The summed E-state index contributed by atoms with van der Waals surface area (Å²) in [5.74, 6) is 0.586. The first kappa shape index (κ1) is 26.6. The molecule has 0 spiro atoms. The van der Waals surface area contributed by atoms with E-state index in [1.54, 1.807) is 18.2 Å². The number of phenolic OH excluding ortho intramolecular Hbond substituents is 2. The maximum Gasteiger partial charge on any atom is 0.235 e. The predicted molar refractivity (Wildman–Crippen MR) is 121 cm³/mol. The van der Waals surface area contributed by atoms with E-state index in [0.29, 0.717) is 22.6 Å². The first-order chi connectivity index (χ1) is 14.3. The minimum absolute atomic E-state index is 0.252. The summed E-state index contributed by atoms with van der Waals surface area (Å²) < 4.78 is 10.1. The van der Waals surface area contributed by atoms with Crippen LogP contribution in [0, 0.1) is 20.2 Å². The van der Waals surface area contributed by atoms with Crippen LogP contribution in [0.2, 0.25) is 0 Å². The number of halogens is 1. The van der Waals surface area contributed by atoms with E-state index in [1.807, 2.05) is 4.93 Å². The summed E-state index contributed by atoms with van der Waals surface area (Å²) in [4.78, 5) is 20.9. The van der Waals surface area contributed by atoms with Crippen molar-refractivity contribution in [2.75, 3.05) is 19.2 Å². The molecule has 11 heteroatoms. The minimum Gasteiger partial charge on any atom is -0.504 e. The second kappa shape index (κ2) is 14.6. The topological polar surface area (TPSA) is 145 Å². The molecule has 0 aromatic heterocycles. The Bertz CT molecular complexity index is 900. The van der Waals surface area contributed by atoms with Gasteiger partial charge in [-0.3, -0.25) is 20.2 Å².